The first-order valence-electron chi connectivity index (χ1n) is 12.0. The van der Waals surface area contributed by atoms with E-state index in [2.05, 4.69) is 5.32 Å². The number of hydrogen-bond donors (Lipinski definition) is 1. The zero-order valence-corrected chi connectivity index (χ0v) is 23.4. The molecule has 0 heterocycles. The van der Waals surface area contributed by atoms with Gasteiger partial charge in [-0.05, 0) is 51.0 Å². The summed E-state index contributed by atoms with van der Waals surface area (Å²) in [7, 11) is -2.22. The maximum absolute atomic E-state index is 14.4. The second-order valence-electron chi connectivity index (χ2n) is 8.86. The van der Waals surface area contributed by atoms with Crippen molar-refractivity contribution >= 4 is 39.1 Å². The van der Waals surface area contributed by atoms with Crippen LogP contribution in [0.1, 0.15) is 45.6 Å². The van der Waals surface area contributed by atoms with Crippen molar-refractivity contribution in [2.45, 2.75) is 58.7 Å². The third-order valence-electron chi connectivity index (χ3n) is 6.04. The minimum absolute atomic E-state index is 0.00815. The molecule has 0 saturated heterocycles. The Labute approximate surface area is 223 Å². The Balaban J connectivity index is 2.21. The first-order valence-corrected chi connectivity index (χ1v) is 14.3. The summed E-state index contributed by atoms with van der Waals surface area (Å²) < 4.78 is 45.6. The molecule has 37 heavy (non-hydrogen) atoms. The van der Waals surface area contributed by atoms with Gasteiger partial charge >= 0.3 is 0 Å². The zero-order chi connectivity index (χ0) is 27.8. The summed E-state index contributed by atoms with van der Waals surface area (Å²) >= 11 is 6.17. The molecule has 2 atom stereocenters. The van der Waals surface area contributed by atoms with Crippen LogP contribution in [-0.2, 0) is 26.2 Å². The summed E-state index contributed by atoms with van der Waals surface area (Å²) in [5.74, 6) is -0.807. The number of sulfonamides is 1. The quantitative estimate of drug-likeness (QED) is 0.396. The molecule has 11 heteroatoms. The average molecular weight is 556 g/mol. The predicted molar refractivity (Wildman–Crippen MR) is 144 cm³/mol. The Morgan fingerprint density at radius 1 is 1.16 bits per heavy atom. The standard InChI is InChI=1S/C26H35ClFN3O5S/c1-6-18(2)29-26(33)19(3)30(17-20-10-7-8-11-23(20)28)25(32)12-9-15-31(37(5,34)35)21-13-14-24(36-4)22(27)16-21/h7-8,10-11,13-14,16,18-19H,6,9,12,15,17H2,1-5H3,(H,29,33). The fourth-order valence-electron chi connectivity index (χ4n) is 3.67. The van der Waals surface area contributed by atoms with E-state index in [4.69, 9.17) is 16.3 Å². The number of ether oxygens (including phenoxy) is 1. The molecular weight excluding hydrogens is 521 g/mol. The smallest absolute Gasteiger partial charge is 0.242 e. The third kappa shape index (κ3) is 8.60. The second-order valence-corrected chi connectivity index (χ2v) is 11.2. The molecule has 0 fully saturated rings. The molecule has 8 nitrogen and oxygen atoms in total. The largest absolute Gasteiger partial charge is 0.495 e. The highest BCUT2D eigenvalue weighted by molar-refractivity contribution is 7.92. The number of carbonyl (C=O) groups excluding carboxylic acids is 2. The van der Waals surface area contributed by atoms with Gasteiger partial charge in [-0.25, -0.2) is 12.8 Å². The van der Waals surface area contributed by atoms with Crippen molar-refractivity contribution in [3.63, 3.8) is 0 Å². The van der Waals surface area contributed by atoms with Gasteiger partial charge in [0, 0.05) is 31.1 Å². The molecule has 0 spiro atoms. The molecule has 0 radical (unpaired) electrons. The number of nitrogens with one attached hydrogen (secondary N) is 1. The Hall–Kier alpha value is -2.85. The molecular formula is C26H35ClFN3O5S. The van der Waals surface area contributed by atoms with Gasteiger partial charge in [0.2, 0.25) is 21.8 Å². The van der Waals surface area contributed by atoms with E-state index in [-0.39, 0.29) is 48.5 Å². The Bertz CT molecular complexity index is 1190. The fourth-order valence-corrected chi connectivity index (χ4v) is 4.88. The average Bonchev–Trinajstić information content (AvgIpc) is 2.84. The van der Waals surface area contributed by atoms with Crippen LogP contribution < -0.4 is 14.4 Å². The first kappa shape index (κ1) is 30.4. The van der Waals surface area contributed by atoms with E-state index >= 15 is 0 Å². The van der Waals surface area contributed by atoms with Crippen LogP contribution in [0.2, 0.25) is 5.02 Å². The predicted octanol–water partition coefficient (Wildman–Crippen LogP) is 4.37. The molecule has 0 aliphatic carbocycles. The number of amides is 2. The molecule has 0 bridgehead atoms. The molecule has 2 amide bonds. The third-order valence-corrected chi connectivity index (χ3v) is 7.53. The Morgan fingerprint density at radius 3 is 2.41 bits per heavy atom. The van der Waals surface area contributed by atoms with Crippen LogP contribution in [0.4, 0.5) is 10.1 Å². The summed E-state index contributed by atoms with van der Waals surface area (Å²) in [4.78, 5) is 27.4. The van der Waals surface area contributed by atoms with Crippen molar-refractivity contribution in [2.75, 3.05) is 24.2 Å². The van der Waals surface area contributed by atoms with Crippen LogP contribution in [0.25, 0.3) is 0 Å². The topological polar surface area (TPSA) is 96.0 Å². The zero-order valence-electron chi connectivity index (χ0n) is 21.8. The second kappa shape index (κ2) is 13.6. The molecule has 0 aromatic heterocycles. The summed E-state index contributed by atoms with van der Waals surface area (Å²) in [5, 5.41) is 3.11. The Morgan fingerprint density at radius 2 is 1.84 bits per heavy atom. The highest BCUT2D eigenvalue weighted by Crippen LogP contribution is 2.30. The molecule has 2 aromatic carbocycles. The molecule has 2 unspecified atom stereocenters. The molecule has 1 N–H and O–H groups in total. The SMILES string of the molecule is CCC(C)NC(=O)C(C)N(Cc1ccccc1F)C(=O)CCCN(c1ccc(OC)c(Cl)c1)S(C)(=O)=O. The fraction of sp³-hybridized carbons (Fsp3) is 0.462. The van der Waals surface area contributed by atoms with Gasteiger partial charge in [-0.3, -0.25) is 13.9 Å². The van der Waals surface area contributed by atoms with Crippen molar-refractivity contribution < 1.29 is 27.1 Å². The van der Waals surface area contributed by atoms with Crippen molar-refractivity contribution in [3.8, 4) is 5.75 Å². The highest BCUT2D eigenvalue weighted by Gasteiger charge is 2.28. The number of anilines is 1. The van der Waals surface area contributed by atoms with Crippen LogP contribution >= 0.6 is 11.6 Å². The number of methoxy groups -OCH3 is 1. The summed E-state index contributed by atoms with van der Waals surface area (Å²) in [5.41, 5.74) is 0.620. The van der Waals surface area contributed by atoms with Crippen molar-refractivity contribution in [1.29, 1.82) is 0 Å². The lowest BCUT2D eigenvalue weighted by Gasteiger charge is -2.30. The number of halogens is 2. The summed E-state index contributed by atoms with van der Waals surface area (Å²) in [6.07, 6.45) is 1.91. The number of nitrogens with zero attached hydrogens (tertiary/aromatic N) is 2. The van der Waals surface area contributed by atoms with Crippen molar-refractivity contribution in [3.05, 3.63) is 58.9 Å². The van der Waals surface area contributed by atoms with E-state index in [9.17, 15) is 22.4 Å². The molecule has 2 rings (SSSR count). The highest BCUT2D eigenvalue weighted by atomic mass is 35.5. The number of benzene rings is 2. The maximum Gasteiger partial charge on any atom is 0.242 e. The van der Waals surface area contributed by atoms with E-state index < -0.39 is 27.8 Å². The van der Waals surface area contributed by atoms with Crippen LogP contribution in [0.5, 0.6) is 5.75 Å². The lowest BCUT2D eigenvalue weighted by molar-refractivity contribution is -0.141. The normalized spacial score (nSPS) is 12.9. The number of carbonyl (C=O) groups is 2. The monoisotopic (exact) mass is 555 g/mol. The van der Waals surface area contributed by atoms with Gasteiger partial charge in [-0.15, -0.1) is 0 Å². The van der Waals surface area contributed by atoms with Gasteiger partial charge < -0.3 is 15.0 Å². The van der Waals surface area contributed by atoms with Gasteiger partial charge in [0.25, 0.3) is 0 Å². The lowest BCUT2D eigenvalue weighted by Crippen LogP contribution is -2.49. The van der Waals surface area contributed by atoms with Crippen molar-refractivity contribution in [2.24, 2.45) is 0 Å². The van der Waals surface area contributed by atoms with Gasteiger partial charge in [0.1, 0.15) is 17.6 Å². The molecule has 0 aliphatic heterocycles. The van der Waals surface area contributed by atoms with Crippen LogP contribution in [0.15, 0.2) is 42.5 Å². The minimum Gasteiger partial charge on any atom is -0.495 e. The molecule has 0 aliphatic rings. The van der Waals surface area contributed by atoms with Crippen molar-refractivity contribution in [1.82, 2.24) is 10.2 Å². The van der Waals surface area contributed by atoms with Crippen LogP contribution in [0.3, 0.4) is 0 Å². The van der Waals surface area contributed by atoms with Gasteiger partial charge in [-0.1, -0.05) is 36.7 Å². The molecule has 2 aromatic rings. The van der Waals surface area contributed by atoms with E-state index in [1.54, 1.807) is 37.3 Å². The van der Waals surface area contributed by atoms with Gasteiger partial charge in [-0.2, -0.15) is 0 Å². The van der Waals surface area contributed by atoms with E-state index in [1.807, 2.05) is 13.8 Å². The van der Waals surface area contributed by atoms with Gasteiger partial charge in [0.15, 0.2) is 0 Å². The maximum atomic E-state index is 14.4. The number of hydrogen-bond acceptors (Lipinski definition) is 5. The molecule has 204 valence electrons. The van der Waals surface area contributed by atoms with Crippen LogP contribution in [-0.4, -0.2) is 57.1 Å². The van der Waals surface area contributed by atoms with Gasteiger partial charge in [0.05, 0.1) is 24.1 Å². The van der Waals surface area contributed by atoms with E-state index in [0.29, 0.717) is 11.4 Å². The molecule has 0 saturated carbocycles. The lowest BCUT2D eigenvalue weighted by atomic mass is 10.1. The summed E-state index contributed by atoms with van der Waals surface area (Å²) in [6, 6.07) is 9.75. The Kier molecular flexibility index (Phi) is 11.2. The van der Waals surface area contributed by atoms with E-state index in [0.717, 1.165) is 17.0 Å². The first-order chi connectivity index (χ1) is 17.4. The minimum atomic E-state index is -3.68. The number of rotatable bonds is 13. The summed E-state index contributed by atoms with van der Waals surface area (Å²) in [6.45, 7) is 5.30. The van der Waals surface area contributed by atoms with Crippen LogP contribution in [0, 0.1) is 5.82 Å². The van der Waals surface area contributed by atoms with E-state index in [1.165, 1.54) is 24.1 Å².